The first-order valence-electron chi connectivity index (χ1n) is 4.69. The Morgan fingerprint density at radius 1 is 1.44 bits per heavy atom. The molecule has 0 unspecified atom stereocenters. The quantitative estimate of drug-likeness (QED) is 0.815. The standard InChI is InChI=1S/C10H11F2NO3/c11-10(12,4-14)9(13)6-2-1-3-7-8(6)16-5-15-7/h1-3,9,14H,4-5,13H2/t9-/m0/s1. The van der Waals surface area contributed by atoms with E-state index in [4.69, 9.17) is 20.3 Å². The van der Waals surface area contributed by atoms with Crippen LogP contribution in [0.25, 0.3) is 0 Å². The normalized spacial score (nSPS) is 16.2. The molecule has 0 radical (unpaired) electrons. The van der Waals surface area contributed by atoms with Crippen LogP contribution in [0.4, 0.5) is 8.78 Å². The largest absolute Gasteiger partial charge is 0.454 e. The molecule has 1 aromatic rings. The topological polar surface area (TPSA) is 64.7 Å². The van der Waals surface area contributed by atoms with Gasteiger partial charge in [-0.25, -0.2) is 8.78 Å². The van der Waals surface area contributed by atoms with Crippen LogP contribution in [0.5, 0.6) is 11.5 Å². The summed E-state index contributed by atoms with van der Waals surface area (Å²) in [5.41, 5.74) is 5.54. The van der Waals surface area contributed by atoms with E-state index in [1.165, 1.54) is 6.07 Å². The average molecular weight is 231 g/mol. The van der Waals surface area contributed by atoms with Gasteiger partial charge >= 0.3 is 0 Å². The van der Waals surface area contributed by atoms with Gasteiger partial charge in [0.25, 0.3) is 5.92 Å². The molecule has 3 N–H and O–H groups in total. The second-order valence-electron chi connectivity index (χ2n) is 3.48. The lowest BCUT2D eigenvalue weighted by molar-refractivity contribution is -0.0715. The Morgan fingerprint density at radius 2 is 2.19 bits per heavy atom. The average Bonchev–Trinajstić information content (AvgIpc) is 2.75. The van der Waals surface area contributed by atoms with Crippen molar-refractivity contribution in [3.63, 3.8) is 0 Å². The van der Waals surface area contributed by atoms with Crippen LogP contribution in [0.1, 0.15) is 11.6 Å². The molecule has 0 bridgehead atoms. The molecular formula is C10H11F2NO3. The molecule has 1 aliphatic rings. The van der Waals surface area contributed by atoms with Crippen molar-refractivity contribution in [3.05, 3.63) is 23.8 Å². The number of fused-ring (bicyclic) bond motifs is 1. The summed E-state index contributed by atoms with van der Waals surface area (Å²) in [6.45, 7) is -1.32. The summed E-state index contributed by atoms with van der Waals surface area (Å²) in [4.78, 5) is 0. The van der Waals surface area contributed by atoms with Crippen molar-refractivity contribution in [2.75, 3.05) is 13.4 Å². The van der Waals surface area contributed by atoms with Crippen molar-refractivity contribution in [3.8, 4) is 11.5 Å². The lowest BCUT2D eigenvalue weighted by Gasteiger charge is -2.22. The van der Waals surface area contributed by atoms with Gasteiger partial charge in [0.2, 0.25) is 6.79 Å². The first kappa shape index (κ1) is 11.1. The van der Waals surface area contributed by atoms with Crippen LogP contribution in [0, 0.1) is 0 Å². The third-order valence-electron chi connectivity index (χ3n) is 2.43. The first-order valence-corrected chi connectivity index (χ1v) is 4.69. The Balaban J connectivity index is 2.38. The van der Waals surface area contributed by atoms with Crippen LogP contribution in [0.3, 0.4) is 0 Å². The molecule has 1 aromatic carbocycles. The highest BCUT2D eigenvalue weighted by molar-refractivity contribution is 5.50. The molecule has 1 aliphatic heterocycles. The number of hydrogen-bond donors (Lipinski definition) is 2. The molecule has 16 heavy (non-hydrogen) atoms. The van der Waals surface area contributed by atoms with Crippen molar-refractivity contribution in [1.29, 1.82) is 0 Å². The smallest absolute Gasteiger partial charge is 0.289 e. The molecule has 2 rings (SSSR count). The van der Waals surface area contributed by atoms with Gasteiger partial charge in [0.05, 0.1) is 0 Å². The SMILES string of the molecule is N[C@@H](c1cccc2c1OCO2)C(F)(F)CO. The number of ether oxygens (including phenoxy) is 2. The van der Waals surface area contributed by atoms with E-state index in [9.17, 15) is 8.78 Å². The van der Waals surface area contributed by atoms with E-state index in [0.717, 1.165) is 0 Å². The van der Waals surface area contributed by atoms with Crippen LogP contribution >= 0.6 is 0 Å². The molecule has 0 saturated heterocycles. The maximum absolute atomic E-state index is 13.2. The summed E-state index contributed by atoms with van der Waals surface area (Å²) >= 11 is 0. The summed E-state index contributed by atoms with van der Waals surface area (Å²) in [5.74, 6) is -2.77. The van der Waals surface area contributed by atoms with Crippen molar-refractivity contribution in [2.45, 2.75) is 12.0 Å². The second kappa shape index (κ2) is 3.88. The number of halogens is 2. The molecule has 88 valence electrons. The highest BCUT2D eigenvalue weighted by atomic mass is 19.3. The summed E-state index contributed by atoms with van der Waals surface area (Å²) in [7, 11) is 0. The molecule has 0 fully saturated rings. The summed E-state index contributed by atoms with van der Waals surface area (Å²) < 4.78 is 36.6. The van der Waals surface area contributed by atoms with Gasteiger partial charge < -0.3 is 20.3 Å². The molecule has 0 spiro atoms. The fourth-order valence-electron chi connectivity index (χ4n) is 1.52. The van der Waals surface area contributed by atoms with E-state index in [-0.39, 0.29) is 18.1 Å². The summed E-state index contributed by atoms with van der Waals surface area (Å²) in [6, 6.07) is 2.97. The number of hydrogen-bond acceptors (Lipinski definition) is 4. The fourth-order valence-corrected chi connectivity index (χ4v) is 1.52. The Morgan fingerprint density at radius 3 is 2.88 bits per heavy atom. The van der Waals surface area contributed by atoms with E-state index in [1.807, 2.05) is 0 Å². The zero-order valence-corrected chi connectivity index (χ0v) is 8.32. The fraction of sp³-hybridized carbons (Fsp3) is 0.400. The van der Waals surface area contributed by atoms with Crippen molar-refractivity contribution >= 4 is 0 Å². The second-order valence-corrected chi connectivity index (χ2v) is 3.48. The number of aliphatic hydroxyl groups excluding tert-OH is 1. The molecule has 0 aromatic heterocycles. The Kier molecular flexibility index (Phi) is 2.69. The van der Waals surface area contributed by atoms with Gasteiger partial charge in [0.15, 0.2) is 11.5 Å². The number of alkyl halides is 2. The zero-order valence-electron chi connectivity index (χ0n) is 8.32. The van der Waals surface area contributed by atoms with Gasteiger partial charge in [-0.05, 0) is 6.07 Å². The maximum atomic E-state index is 13.2. The van der Waals surface area contributed by atoms with Gasteiger partial charge in [-0.1, -0.05) is 12.1 Å². The predicted octanol–water partition coefficient (Wildman–Crippen LogP) is 1.04. The molecule has 0 saturated carbocycles. The Labute approximate surface area is 90.6 Å². The summed E-state index contributed by atoms with van der Waals surface area (Å²) in [6.07, 6.45) is 0. The third-order valence-corrected chi connectivity index (χ3v) is 2.43. The van der Waals surface area contributed by atoms with Gasteiger partial charge in [-0.15, -0.1) is 0 Å². The molecule has 1 atom stereocenters. The third kappa shape index (κ3) is 1.70. The number of benzene rings is 1. The van der Waals surface area contributed by atoms with E-state index >= 15 is 0 Å². The molecule has 0 aliphatic carbocycles. The highest BCUT2D eigenvalue weighted by Crippen LogP contribution is 2.41. The van der Waals surface area contributed by atoms with E-state index in [1.54, 1.807) is 12.1 Å². The molecule has 4 nitrogen and oxygen atoms in total. The van der Waals surface area contributed by atoms with E-state index < -0.39 is 18.6 Å². The van der Waals surface area contributed by atoms with E-state index in [0.29, 0.717) is 5.75 Å². The van der Waals surface area contributed by atoms with Crippen LogP contribution in [0.2, 0.25) is 0 Å². The van der Waals surface area contributed by atoms with Crippen molar-refractivity contribution < 1.29 is 23.4 Å². The van der Waals surface area contributed by atoms with Gasteiger partial charge in [0, 0.05) is 5.56 Å². The monoisotopic (exact) mass is 231 g/mol. The van der Waals surface area contributed by atoms with E-state index in [2.05, 4.69) is 0 Å². The molecule has 0 amide bonds. The number of rotatable bonds is 3. The maximum Gasteiger partial charge on any atom is 0.289 e. The van der Waals surface area contributed by atoms with Gasteiger partial charge in [0.1, 0.15) is 12.6 Å². The van der Waals surface area contributed by atoms with Crippen LogP contribution in [0.15, 0.2) is 18.2 Å². The number of aliphatic hydroxyl groups is 1. The predicted molar refractivity (Wildman–Crippen MR) is 51.5 cm³/mol. The minimum Gasteiger partial charge on any atom is -0.454 e. The molecule has 6 heteroatoms. The van der Waals surface area contributed by atoms with Crippen LogP contribution in [-0.4, -0.2) is 24.4 Å². The lowest BCUT2D eigenvalue weighted by atomic mass is 10.0. The van der Waals surface area contributed by atoms with Crippen LogP contribution in [-0.2, 0) is 0 Å². The van der Waals surface area contributed by atoms with Crippen molar-refractivity contribution in [1.82, 2.24) is 0 Å². The minimum absolute atomic E-state index is 0.0102. The molecular weight excluding hydrogens is 220 g/mol. The highest BCUT2D eigenvalue weighted by Gasteiger charge is 2.40. The zero-order chi connectivity index (χ0) is 11.8. The number of para-hydroxylation sites is 1. The molecule has 1 heterocycles. The van der Waals surface area contributed by atoms with Crippen LogP contribution < -0.4 is 15.2 Å². The Hall–Kier alpha value is -1.40. The minimum atomic E-state index is -3.39. The van der Waals surface area contributed by atoms with Gasteiger partial charge in [-0.3, -0.25) is 0 Å². The number of nitrogens with two attached hydrogens (primary N) is 1. The Bertz CT molecular complexity index is 398. The first-order chi connectivity index (χ1) is 7.56. The van der Waals surface area contributed by atoms with Crippen molar-refractivity contribution in [2.24, 2.45) is 5.73 Å². The van der Waals surface area contributed by atoms with Gasteiger partial charge in [-0.2, -0.15) is 0 Å². The summed E-state index contributed by atoms with van der Waals surface area (Å²) in [5, 5.41) is 8.57. The lowest BCUT2D eigenvalue weighted by Crippen LogP contribution is -2.36.